The molecule has 1 fully saturated rings. The summed E-state index contributed by atoms with van der Waals surface area (Å²) in [6.45, 7) is 6.80. The number of nitrogens with zero attached hydrogens (tertiary/aromatic N) is 2. The molecule has 5 nitrogen and oxygen atoms in total. The van der Waals surface area contributed by atoms with Gasteiger partial charge >= 0.3 is 6.09 Å². The van der Waals surface area contributed by atoms with Crippen LogP contribution in [0.4, 0.5) is 4.79 Å². The first-order valence-electron chi connectivity index (χ1n) is 8.35. The largest absolute Gasteiger partial charge is 0.444 e. The first-order valence-corrected chi connectivity index (χ1v) is 8.35. The maximum absolute atomic E-state index is 12.2. The van der Waals surface area contributed by atoms with Crippen molar-refractivity contribution in [1.29, 1.82) is 5.26 Å². The van der Waals surface area contributed by atoms with Gasteiger partial charge in [-0.15, -0.1) is 0 Å². The minimum atomic E-state index is -0.500. The highest BCUT2D eigenvalue weighted by atomic mass is 16.6. The van der Waals surface area contributed by atoms with Gasteiger partial charge in [0.2, 0.25) is 0 Å². The molecule has 1 aliphatic heterocycles. The Morgan fingerprint density at radius 2 is 2.04 bits per heavy atom. The van der Waals surface area contributed by atoms with Gasteiger partial charge in [0.1, 0.15) is 5.60 Å². The molecule has 5 heteroatoms. The van der Waals surface area contributed by atoms with Crippen LogP contribution in [-0.4, -0.2) is 41.4 Å². The number of carbonyl (C=O) groups is 1. The molecular weight excluding hydrogens is 304 g/mol. The van der Waals surface area contributed by atoms with E-state index < -0.39 is 5.60 Å². The van der Waals surface area contributed by atoms with E-state index in [4.69, 9.17) is 10.00 Å². The zero-order valence-electron chi connectivity index (χ0n) is 14.7. The van der Waals surface area contributed by atoms with Crippen LogP contribution in [-0.2, 0) is 11.2 Å². The third-order valence-electron chi connectivity index (χ3n) is 4.45. The highest BCUT2D eigenvalue weighted by Crippen LogP contribution is 2.35. The lowest BCUT2D eigenvalue weighted by Crippen LogP contribution is -2.47. The number of carbonyl (C=O) groups excluding carboxylic acids is 1. The number of hydrogen-bond donors (Lipinski definition) is 1. The van der Waals surface area contributed by atoms with E-state index in [0.717, 1.165) is 18.4 Å². The van der Waals surface area contributed by atoms with E-state index in [1.54, 1.807) is 11.0 Å². The molecule has 0 aliphatic carbocycles. The summed E-state index contributed by atoms with van der Waals surface area (Å²) in [4.78, 5) is 13.9. The van der Waals surface area contributed by atoms with Gasteiger partial charge in [0.15, 0.2) is 0 Å². The Bertz CT molecular complexity index is 620. The fourth-order valence-electron chi connectivity index (χ4n) is 3.06. The highest BCUT2D eigenvalue weighted by molar-refractivity contribution is 5.68. The second kappa shape index (κ2) is 7.23. The summed E-state index contributed by atoms with van der Waals surface area (Å²) < 4.78 is 5.42. The fourth-order valence-corrected chi connectivity index (χ4v) is 3.06. The van der Waals surface area contributed by atoms with Gasteiger partial charge < -0.3 is 14.7 Å². The number of amides is 1. The van der Waals surface area contributed by atoms with E-state index in [1.807, 2.05) is 39.0 Å². The molecule has 0 saturated carbocycles. The van der Waals surface area contributed by atoms with Crippen molar-refractivity contribution in [2.45, 2.75) is 45.6 Å². The van der Waals surface area contributed by atoms with Gasteiger partial charge in [0, 0.05) is 25.1 Å². The van der Waals surface area contributed by atoms with Crippen LogP contribution in [0.3, 0.4) is 0 Å². The molecule has 1 amide bonds. The van der Waals surface area contributed by atoms with Crippen LogP contribution in [0.15, 0.2) is 24.3 Å². The minimum absolute atomic E-state index is 0.0753. The maximum Gasteiger partial charge on any atom is 0.410 e. The predicted octanol–water partition coefficient (Wildman–Crippen LogP) is 3.11. The molecule has 0 aromatic heterocycles. The van der Waals surface area contributed by atoms with E-state index in [1.165, 1.54) is 0 Å². The first kappa shape index (κ1) is 18.3. The van der Waals surface area contributed by atoms with Crippen molar-refractivity contribution in [3.63, 3.8) is 0 Å². The van der Waals surface area contributed by atoms with Gasteiger partial charge in [-0.3, -0.25) is 0 Å². The Labute approximate surface area is 143 Å². The number of piperidine rings is 1. The van der Waals surface area contributed by atoms with E-state index in [0.29, 0.717) is 25.1 Å². The third kappa shape index (κ3) is 4.72. The fraction of sp³-hybridized carbons (Fsp3) is 0.579. The van der Waals surface area contributed by atoms with Crippen molar-refractivity contribution >= 4 is 6.09 Å². The second-order valence-electron chi connectivity index (χ2n) is 7.61. The van der Waals surface area contributed by atoms with E-state index in [9.17, 15) is 9.90 Å². The third-order valence-corrected chi connectivity index (χ3v) is 4.45. The highest BCUT2D eigenvalue weighted by Gasteiger charge is 2.36. The Hall–Kier alpha value is -2.06. The molecule has 1 aromatic rings. The molecule has 1 aromatic carbocycles. The molecule has 0 atom stereocenters. The summed E-state index contributed by atoms with van der Waals surface area (Å²) in [5.41, 5.74) is 0.938. The standard InChI is InChI=1S/C19H26N2O3/c1-18(2,3)24-17(23)21-9-7-19(14-22,8-10-21)12-15-5-4-6-16(11-15)13-20/h4-6,11,22H,7-10,12,14H2,1-3H3. The van der Waals surface area contributed by atoms with Crippen molar-refractivity contribution in [1.82, 2.24) is 4.90 Å². The molecule has 24 heavy (non-hydrogen) atoms. The molecule has 1 aliphatic rings. The molecule has 0 radical (unpaired) electrons. The van der Waals surface area contributed by atoms with Crippen LogP contribution in [0.25, 0.3) is 0 Å². The van der Waals surface area contributed by atoms with Crippen molar-refractivity contribution in [2.24, 2.45) is 5.41 Å². The van der Waals surface area contributed by atoms with Gasteiger partial charge in [-0.2, -0.15) is 5.26 Å². The van der Waals surface area contributed by atoms with Crippen molar-refractivity contribution < 1.29 is 14.6 Å². The van der Waals surface area contributed by atoms with Gasteiger partial charge in [-0.25, -0.2) is 4.79 Å². The maximum atomic E-state index is 12.2. The predicted molar refractivity (Wildman–Crippen MR) is 91.4 cm³/mol. The summed E-state index contributed by atoms with van der Waals surface area (Å²) in [7, 11) is 0. The average molecular weight is 330 g/mol. The SMILES string of the molecule is CC(C)(C)OC(=O)N1CCC(CO)(Cc2cccc(C#N)c2)CC1. The number of benzene rings is 1. The lowest BCUT2D eigenvalue weighted by Gasteiger charge is -2.41. The quantitative estimate of drug-likeness (QED) is 0.924. The van der Waals surface area contributed by atoms with Gasteiger partial charge in [-0.05, 0) is 57.7 Å². The van der Waals surface area contributed by atoms with Crippen LogP contribution in [0.1, 0.15) is 44.7 Å². The number of likely N-dealkylation sites (tertiary alicyclic amines) is 1. The Morgan fingerprint density at radius 3 is 2.58 bits per heavy atom. The zero-order chi connectivity index (χ0) is 17.8. The summed E-state index contributed by atoms with van der Waals surface area (Å²) in [6.07, 6.45) is 1.86. The lowest BCUT2D eigenvalue weighted by molar-refractivity contribution is -0.000182. The number of rotatable bonds is 3. The normalized spacial score (nSPS) is 17.2. The number of aliphatic hydroxyl groups is 1. The van der Waals surface area contributed by atoms with E-state index in [2.05, 4.69) is 6.07 Å². The average Bonchev–Trinajstić information content (AvgIpc) is 2.54. The van der Waals surface area contributed by atoms with E-state index >= 15 is 0 Å². The van der Waals surface area contributed by atoms with Crippen LogP contribution >= 0.6 is 0 Å². The summed E-state index contributed by atoms with van der Waals surface area (Å²) in [5.74, 6) is 0. The molecule has 1 saturated heterocycles. The smallest absolute Gasteiger partial charge is 0.410 e. The number of aliphatic hydroxyl groups excluding tert-OH is 1. The molecular formula is C19H26N2O3. The van der Waals surface area contributed by atoms with Crippen LogP contribution in [0.5, 0.6) is 0 Å². The molecule has 0 unspecified atom stereocenters. The molecule has 0 bridgehead atoms. The zero-order valence-corrected chi connectivity index (χ0v) is 14.7. The van der Waals surface area contributed by atoms with Crippen molar-refractivity contribution in [2.75, 3.05) is 19.7 Å². The summed E-state index contributed by atoms with van der Waals surface area (Å²) in [6, 6.07) is 9.65. The van der Waals surface area contributed by atoms with Crippen LogP contribution in [0, 0.1) is 16.7 Å². The van der Waals surface area contributed by atoms with Gasteiger partial charge in [0.25, 0.3) is 0 Å². The van der Waals surface area contributed by atoms with Crippen molar-refractivity contribution in [3.05, 3.63) is 35.4 Å². The van der Waals surface area contributed by atoms with Crippen LogP contribution in [0.2, 0.25) is 0 Å². The van der Waals surface area contributed by atoms with Gasteiger partial charge in [-0.1, -0.05) is 12.1 Å². The Morgan fingerprint density at radius 1 is 1.38 bits per heavy atom. The molecule has 0 spiro atoms. The first-order chi connectivity index (χ1) is 11.3. The summed E-state index contributed by atoms with van der Waals surface area (Å²) >= 11 is 0. The minimum Gasteiger partial charge on any atom is -0.444 e. The monoisotopic (exact) mass is 330 g/mol. The lowest BCUT2D eigenvalue weighted by atomic mass is 9.74. The second-order valence-corrected chi connectivity index (χ2v) is 7.61. The van der Waals surface area contributed by atoms with E-state index in [-0.39, 0.29) is 18.1 Å². The number of nitriles is 1. The van der Waals surface area contributed by atoms with Crippen LogP contribution < -0.4 is 0 Å². The Balaban J connectivity index is 2.01. The van der Waals surface area contributed by atoms with Crippen molar-refractivity contribution in [3.8, 4) is 6.07 Å². The number of ether oxygens (including phenoxy) is 1. The summed E-state index contributed by atoms with van der Waals surface area (Å²) in [5, 5.41) is 19.0. The Kier molecular flexibility index (Phi) is 5.51. The molecule has 130 valence electrons. The molecule has 1 heterocycles. The number of hydrogen-bond acceptors (Lipinski definition) is 4. The molecule has 2 rings (SSSR count). The molecule has 1 N–H and O–H groups in total. The van der Waals surface area contributed by atoms with Gasteiger partial charge in [0.05, 0.1) is 11.6 Å². The topological polar surface area (TPSA) is 73.6 Å².